The minimum absolute atomic E-state index is 0.0244. The summed E-state index contributed by atoms with van der Waals surface area (Å²) in [6.45, 7) is 3.50. The van der Waals surface area contributed by atoms with Crippen LogP contribution in [0.4, 0.5) is 5.69 Å². The molecule has 2 aromatic heterocycles. The van der Waals surface area contributed by atoms with Crippen molar-refractivity contribution < 1.29 is 22.7 Å². The molecule has 0 atom stereocenters. The van der Waals surface area contributed by atoms with Crippen LogP contribution in [0.15, 0.2) is 71.9 Å². The summed E-state index contributed by atoms with van der Waals surface area (Å²) in [5.74, 6) is -0.694. The Morgan fingerprint density at radius 1 is 1.05 bits per heavy atom. The number of aromatic nitrogens is 3. The van der Waals surface area contributed by atoms with Crippen LogP contribution in [0, 0.1) is 0 Å². The molecule has 10 nitrogen and oxygen atoms in total. The second-order valence-corrected chi connectivity index (χ2v) is 11.1. The maximum Gasteiger partial charge on any atom is 0.283 e. The lowest BCUT2D eigenvalue weighted by Crippen LogP contribution is -2.43. The molecule has 0 radical (unpaired) electrons. The highest BCUT2D eigenvalue weighted by molar-refractivity contribution is 7.90. The molecule has 0 unspecified atom stereocenters. The lowest BCUT2D eigenvalue weighted by molar-refractivity contribution is -0.0132. The number of ether oxygens (including phenoxy) is 2. The van der Waals surface area contributed by atoms with Crippen molar-refractivity contribution in [2.24, 2.45) is 0 Å². The fourth-order valence-electron chi connectivity index (χ4n) is 4.62. The molecule has 0 saturated carbocycles. The summed E-state index contributed by atoms with van der Waals surface area (Å²) >= 11 is 0. The third-order valence-corrected chi connectivity index (χ3v) is 8.39. The van der Waals surface area contributed by atoms with Crippen LogP contribution >= 0.6 is 0 Å². The van der Waals surface area contributed by atoms with Crippen LogP contribution in [0.5, 0.6) is 5.75 Å². The second kappa shape index (κ2) is 10.1. The van der Waals surface area contributed by atoms with Crippen LogP contribution in [0.3, 0.4) is 0 Å². The van der Waals surface area contributed by atoms with Gasteiger partial charge in [0.25, 0.3) is 15.9 Å². The van der Waals surface area contributed by atoms with Gasteiger partial charge < -0.3 is 14.4 Å². The number of sulfonamides is 1. The molecule has 0 aliphatic carbocycles. The number of anilines is 1. The van der Waals surface area contributed by atoms with E-state index in [1.165, 1.54) is 19.2 Å². The fraction of sp³-hybridized carbons (Fsp3) is 0.296. The molecule has 2 aromatic carbocycles. The van der Waals surface area contributed by atoms with Gasteiger partial charge in [0.1, 0.15) is 16.3 Å². The van der Waals surface area contributed by atoms with Crippen LogP contribution in [-0.4, -0.2) is 62.0 Å². The van der Waals surface area contributed by atoms with Gasteiger partial charge in [-0.2, -0.15) is 5.10 Å². The normalized spacial score (nSPS) is 15.4. The van der Waals surface area contributed by atoms with Crippen molar-refractivity contribution in [1.82, 2.24) is 19.5 Å². The van der Waals surface area contributed by atoms with Gasteiger partial charge in [-0.3, -0.25) is 4.79 Å². The number of hydrogen-bond acceptors (Lipinski definition) is 8. The molecule has 3 heterocycles. The van der Waals surface area contributed by atoms with Gasteiger partial charge in [0.2, 0.25) is 0 Å². The molecule has 1 N–H and O–H groups in total. The van der Waals surface area contributed by atoms with E-state index in [2.05, 4.69) is 26.6 Å². The molecule has 198 valence electrons. The number of nitrogens with zero attached hydrogens (tertiary/aromatic N) is 4. The Kier molecular flexibility index (Phi) is 6.80. The van der Waals surface area contributed by atoms with Crippen molar-refractivity contribution in [3.05, 3.63) is 72.7 Å². The number of rotatable bonds is 7. The summed E-state index contributed by atoms with van der Waals surface area (Å²) in [4.78, 5) is 19.4. The first kappa shape index (κ1) is 25.7. The summed E-state index contributed by atoms with van der Waals surface area (Å²) in [5.41, 5.74) is 1.84. The average molecular weight is 536 g/mol. The van der Waals surface area contributed by atoms with E-state index in [4.69, 9.17) is 9.47 Å². The highest BCUT2D eigenvalue weighted by Crippen LogP contribution is 2.33. The largest absolute Gasteiger partial charge is 0.495 e. The number of hydrogen-bond donors (Lipinski definition) is 1. The number of carbonyl (C=O) groups is 1. The minimum atomic E-state index is -4.27. The molecule has 5 rings (SSSR count). The van der Waals surface area contributed by atoms with Gasteiger partial charge >= 0.3 is 0 Å². The number of nitrogens with one attached hydrogen (secondary N) is 1. The first-order valence-electron chi connectivity index (χ1n) is 12.2. The number of piperidine rings is 1. The zero-order valence-corrected chi connectivity index (χ0v) is 22.2. The Bertz CT molecular complexity index is 1580. The van der Waals surface area contributed by atoms with Crippen LogP contribution in [0.1, 0.15) is 30.3 Å². The molecular weight excluding hydrogens is 506 g/mol. The molecule has 0 bridgehead atoms. The lowest BCUT2D eigenvalue weighted by Gasteiger charge is -2.39. The van der Waals surface area contributed by atoms with Crippen molar-refractivity contribution in [1.29, 1.82) is 0 Å². The molecule has 1 aliphatic heterocycles. The van der Waals surface area contributed by atoms with Gasteiger partial charge in [0.15, 0.2) is 0 Å². The predicted octanol–water partition coefficient (Wildman–Crippen LogP) is 3.55. The van der Waals surface area contributed by atoms with Crippen LogP contribution < -0.4 is 14.4 Å². The maximum atomic E-state index is 13.4. The first-order chi connectivity index (χ1) is 18.2. The number of methoxy groups -OCH3 is 2. The SMILES string of the molecule is COc1ccc(N2CCC(C)(OC)CC2)cc1S(=O)(=O)NC(=O)c1ccc2c(-n3cccn3)cccc2n1. The van der Waals surface area contributed by atoms with Gasteiger partial charge in [-0.15, -0.1) is 0 Å². The van der Waals surface area contributed by atoms with Gasteiger partial charge in [-0.25, -0.2) is 22.8 Å². The van der Waals surface area contributed by atoms with Crippen LogP contribution in [0.25, 0.3) is 16.6 Å². The molecule has 1 fully saturated rings. The average Bonchev–Trinajstić information content (AvgIpc) is 3.47. The molecule has 1 aliphatic rings. The zero-order valence-electron chi connectivity index (χ0n) is 21.4. The van der Waals surface area contributed by atoms with E-state index in [0.29, 0.717) is 18.6 Å². The molecule has 4 aromatic rings. The first-order valence-corrected chi connectivity index (χ1v) is 13.7. The van der Waals surface area contributed by atoms with E-state index < -0.39 is 15.9 Å². The van der Waals surface area contributed by atoms with E-state index in [-0.39, 0.29) is 21.9 Å². The van der Waals surface area contributed by atoms with Gasteiger partial charge in [-0.1, -0.05) is 6.07 Å². The van der Waals surface area contributed by atoms with Crippen molar-refractivity contribution in [3.63, 3.8) is 0 Å². The minimum Gasteiger partial charge on any atom is -0.495 e. The lowest BCUT2D eigenvalue weighted by atomic mass is 9.93. The Morgan fingerprint density at radius 2 is 1.84 bits per heavy atom. The Hall–Kier alpha value is -3.96. The third kappa shape index (κ3) is 4.94. The van der Waals surface area contributed by atoms with Gasteiger partial charge in [-0.05, 0) is 68.3 Å². The van der Waals surface area contributed by atoms with Crippen LogP contribution in [0.2, 0.25) is 0 Å². The quantitative estimate of drug-likeness (QED) is 0.382. The topological polar surface area (TPSA) is 116 Å². The molecule has 38 heavy (non-hydrogen) atoms. The summed E-state index contributed by atoms with van der Waals surface area (Å²) in [6.07, 6.45) is 5.10. The summed E-state index contributed by atoms with van der Waals surface area (Å²) in [7, 11) is -1.17. The summed E-state index contributed by atoms with van der Waals surface area (Å²) in [6, 6.07) is 15.4. The summed E-state index contributed by atoms with van der Waals surface area (Å²) in [5, 5.41) is 5.03. The predicted molar refractivity (Wildman–Crippen MR) is 143 cm³/mol. The Labute approximate surface area is 221 Å². The monoisotopic (exact) mass is 535 g/mol. The molecule has 1 saturated heterocycles. The van der Waals surface area contributed by atoms with E-state index in [1.807, 2.05) is 24.4 Å². The number of carbonyl (C=O) groups excluding carboxylic acids is 1. The number of benzene rings is 2. The maximum absolute atomic E-state index is 13.4. The van der Waals surface area contributed by atoms with Gasteiger partial charge in [0, 0.05) is 43.7 Å². The number of fused-ring (bicyclic) bond motifs is 1. The number of pyridine rings is 1. The molecular formula is C27H29N5O5S. The Balaban J connectivity index is 1.40. The fourth-order valence-corrected chi connectivity index (χ4v) is 5.77. The van der Waals surface area contributed by atoms with Gasteiger partial charge in [0.05, 0.1) is 23.9 Å². The molecule has 0 spiro atoms. The van der Waals surface area contributed by atoms with Crippen LogP contribution in [-0.2, 0) is 14.8 Å². The van der Waals surface area contributed by atoms with Crippen molar-refractivity contribution in [2.75, 3.05) is 32.2 Å². The smallest absolute Gasteiger partial charge is 0.283 e. The summed E-state index contributed by atoms with van der Waals surface area (Å²) < 4.78 is 41.5. The second-order valence-electron chi connectivity index (χ2n) is 9.40. The zero-order chi connectivity index (χ0) is 26.9. The van der Waals surface area contributed by atoms with E-state index in [0.717, 1.165) is 29.6 Å². The van der Waals surface area contributed by atoms with E-state index in [1.54, 1.807) is 42.3 Å². The Morgan fingerprint density at radius 3 is 2.53 bits per heavy atom. The highest BCUT2D eigenvalue weighted by Gasteiger charge is 2.31. The van der Waals surface area contributed by atoms with Crippen molar-refractivity contribution in [2.45, 2.75) is 30.3 Å². The van der Waals surface area contributed by atoms with Crippen molar-refractivity contribution >= 4 is 32.5 Å². The third-order valence-electron chi connectivity index (χ3n) is 7.04. The van der Waals surface area contributed by atoms with E-state index >= 15 is 0 Å². The standard InChI is InChI=1S/C27H29N5O5S/c1-27(37-3)12-16-31(17-13-27)19-8-11-24(36-2)25(18-19)38(34,35)30-26(33)22-10-9-20-21(29-22)6-4-7-23(20)32-15-5-14-28-32/h4-11,14-15,18H,12-13,16-17H2,1-3H3,(H,30,33). The highest BCUT2D eigenvalue weighted by atomic mass is 32.2. The van der Waals surface area contributed by atoms with Crippen molar-refractivity contribution in [3.8, 4) is 11.4 Å². The molecule has 1 amide bonds. The molecule has 11 heteroatoms. The van der Waals surface area contributed by atoms with E-state index in [9.17, 15) is 13.2 Å². The number of amides is 1.